The topological polar surface area (TPSA) is 88.1 Å². The number of halogens is 3. The Morgan fingerprint density at radius 2 is 1.10 bits per heavy atom. The molecular weight excluding hydrogens is 829 g/mol. The van der Waals surface area contributed by atoms with Crippen LogP contribution in [0.4, 0.5) is 9.59 Å². The van der Waals surface area contributed by atoms with E-state index in [0.717, 1.165) is 86.3 Å². The summed E-state index contributed by atoms with van der Waals surface area (Å²) in [7, 11) is 2.15. The van der Waals surface area contributed by atoms with Gasteiger partial charge in [-0.05, 0) is 146 Å². The minimum absolute atomic E-state index is 0.0624. The fourth-order valence-electron chi connectivity index (χ4n) is 7.44. The van der Waals surface area contributed by atoms with E-state index in [0.29, 0.717) is 10.9 Å². The zero-order valence-corrected chi connectivity index (χ0v) is 39.6. The van der Waals surface area contributed by atoms with E-state index in [9.17, 15) is 9.59 Å². The fourth-order valence-corrected chi connectivity index (χ4v) is 7.96. The summed E-state index contributed by atoms with van der Waals surface area (Å²) < 4.78 is 10.9. The molecule has 61 heavy (non-hydrogen) atoms. The molecule has 0 spiro atoms. The second kappa shape index (κ2) is 24.1. The third kappa shape index (κ3) is 17.4. The summed E-state index contributed by atoms with van der Waals surface area (Å²) in [6, 6.07) is 27.3. The first-order chi connectivity index (χ1) is 28.9. The predicted octanol–water partition coefficient (Wildman–Crippen LogP) is 12.9. The molecule has 2 aliphatic heterocycles. The molecule has 6 rings (SSSR count). The van der Waals surface area contributed by atoms with Crippen LogP contribution in [0.3, 0.4) is 0 Å². The van der Waals surface area contributed by atoms with Crippen LogP contribution < -0.4 is 0 Å². The second-order valence-electron chi connectivity index (χ2n) is 17.9. The van der Waals surface area contributed by atoms with Gasteiger partial charge in [-0.2, -0.15) is 0 Å². The average molecular weight is 895 g/mol. The molecule has 0 saturated carbocycles. The molecule has 2 aromatic carbocycles. The Labute approximate surface area is 380 Å². The summed E-state index contributed by atoms with van der Waals surface area (Å²) in [5.74, 6) is 1.33. The van der Waals surface area contributed by atoms with Gasteiger partial charge in [-0.25, -0.2) is 9.59 Å². The van der Waals surface area contributed by atoms with Crippen molar-refractivity contribution in [2.24, 2.45) is 11.8 Å². The van der Waals surface area contributed by atoms with Crippen LogP contribution in [0.15, 0.2) is 97.3 Å². The Bertz CT molecular complexity index is 1870. The van der Waals surface area contributed by atoms with Crippen LogP contribution >= 0.6 is 34.8 Å². The van der Waals surface area contributed by atoms with Gasteiger partial charge in [-0.15, -0.1) is 11.6 Å². The Balaban J connectivity index is 0.000000222. The zero-order chi connectivity index (χ0) is 44.6. The van der Waals surface area contributed by atoms with Gasteiger partial charge in [0.15, 0.2) is 0 Å². The van der Waals surface area contributed by atoms with E-state index in [1.807, 2.05) is 124 Å². The SMILES string of the molecule is CCCC1CCN(C(=O)OC(C)(C)C)CC1.CN(CC1CCN(C(=O)OC(C)(C)C)CC1)C(c1ccc(Cl)cc1)c1ccccn1.Clc1ccc(C(Cl)c2ccccn2)cc1. The summed E-state index contributed by atoms with van der Waals surface area (Å²) in [5.41, 5.74) is 3.21. The number of hydrogen-bond donors (Lipinski definition) is 0. The number of alkyl halides is 1. The summed E-state index contributed by atoms with van der Waals surface area (Å²) in [6.07, 6.45) is 9.97. The highest BCUT2D eigenvalue weighted by Crippen LogP contribution is 2.31. The molecule has 0 N–H and O–H groups in total. The van der Waals surface area contributed by atoms with E-state index in [-0.39, 0.29) is 29.2 Å². The van der Waals surface area contributed by atoms with E-state index < -0.39 is 5.60 Å². The number of carbonyl (C=O) groups is 2. The van der Waals surface area contributed by atoms with Crippen molar-refractivity contribution < 1.29 is 19.1 Å². The Hall–Kier alpha value is -3.89. The summed E-state index contributed by atoms with van der Waals surface area (Å²) in [4.78, 5) is 39.0. The van der Waals surface area contributed by atoms with Crippen molar-refractivity contribution in [1.82, 2.24) is 24.7 Å². The molecule has 0 aliphatic carbocycles. The van der Waals surface area contributed by atoms with Crippen LogP contribution in [0.5, 0.6) is 0 Å². The van der Waals surface area contributed by atoms with E-state index >= 15 is 0 Å². The fraction of sp³-hybridized carbons (Fsp3) is 0.510. The van der Waals surface area contributed by atoms with Crippen molar-refractivity contribution in [3.05, 3.63) is 130 Å². The third-order valence-corrected chi connectivity index (χ3v) is 11.5. The van der Waals surface area contributed by atoms with Crippen molar-refractivity contribution in [3.63, 3.8) is 0 Å². The quantitative estimate of drug-likeness (QED) is 0.155. The van der Waals surface area contributed by atoms with Gasteiger partial charge in [0.1, 0.15) is 16.6 Å². The minimum atomic E-state index is -0.456. The first-order valence-electron chi connectivity index (χ1n) is 21.5. The molecule has 2 unspecified atom stereocenters. The number of piperidine rings is 2. The van der Waals surface area contributed by atoms with Gasteiger partial charge in [0, 0.05) is 55.2 Å². The van der Waals surface area contributed by atoms with Gasteiger partial charge in [0.2, 0.25) is 0 Å². The lowest BCUT2D eigenvalue weighted by molar-refractivity contribution is 0.0163. The van der Waals surface area contributed by atoms with Crippen LogP contribution in [0.1, 0.15) is 121 Å². The van der Waals surface area contributed by atoms with Crippen molar-refractivity contribution in [2.45, 2.75) is 110 Å². The number of aromatic nitrogens is 2. The van der Waals surface area contributed by atoms with Gasteiger partial charge >= 0.3 is 12.2 Å². The van der Waals surface area contributed by atoms with Gasteiger partial charge in [-0.1, -0.05) is 79.4 Å². The van der Waals surface area contributed by atoms with Crippen molar-refractivity contribution in [2.75, 3.05) is 39.8 Å². The van der Waals surface area contributed by atoms with E-state index in [1.165, 1.54) is 18.4 Å². The van der Waals surface area contributed by atoms with Crippen LogP contribution in [-0.2, 0) is 9.47 Å². The van der Waals surface area contributed by atoms with Crippen molar-refractivity contribution in [1.29, 1.82) is 0 Å². The maximum Gasteiger partial charge on any atom is 0.410 e. The van der Waals surface area contributed by atoms with Crippen LogP contribution in [0, 0.1) is 11.8 Å². The molecule has 12 heteroatoms. The lowest BCUT2D eigenvalue weighted by Crippen LogP contribution is -2.43. The third-order valence-electron chi connectivity index (χ3n) is 10.5. The van der Waals surface area contributed by atoms with Crippen LogP contribution in [-0.4, -0.2) is 87.8 Å². The first-order valence-corrected chi connectivity index (χ1v) is 22.7. The maximum absolute atomic E-state index is 12.3. The smallest absolute Gasteiger partial charge is 0.410 e. The van der Waals surface area contributed by atoms with E-state index in [4.69, 9.17) is 44.3 Å². The maximum atomic E-state index is 12.3. The number of ether oxygens (including phenoxy) is 2. The largest absolute Gasteiger partial charge is 0.444 e. The number of carbonyl (C=O) groups excluding carboxylic acids is 2. The number of rotatable bonds is 9. The summed E-state index contributed by atoms with van der Waals surface area (Å²) in [6.45, 7) is 17.8. The Morgan fingerprint density at radius 3 is 1.51 bits per heavy atom. The molecule has 2 fully saturated rings. The lowest BCUT2D eigenvalue weighted by Gasteiger charge is -2.36. The average Bonchev–Trinajstić information content (AvgIpc) is 3.22. The molecule has 332 valence electrons. The predicted molar refractivity (Wildman–Crippen MR) is 250 cm³/mol. The van der Waals surface area contributed by atoms with E-state index in [1.54, 1.807) is 6.20 Å². The lowest BCUT2D eigenvalue weighted by atomic mass is 9.93. The number of hydrogen-bond acceptors (Lipinski definition) is 7. The zero-order valence-electron chi connectivity index (χ0n) is 37.3. The highest BCUT2D eigenvalue weighted by Gasteiger charge is 2.30. The van der Waals surface area contributed by atoms with Crippen molar-refractivity contribution >= 4 is 47.0 Å². The number of likely N-dealkylation sites (tertiary alicyclic amines) is 2. The van der Waals surface area contributed by atoms with Gasteiger partial charge in [0.25, 0.3) is 0 Å². The Morgan fingerprint density at radius 1 is 0.672 bits per heavy atom. The number of amides is 2. The van der Waals surface area contributed by atoms with E-state index in [2.05, 4.69) is 47.0 Å². The molecule has 2 aliphatic rings. The summed E-state index contributed by atoms with van der Waals surface area (Å²) in [5, 5.41) is 1.22. The minimum Gasteiger partial charge on any atom is -0.444 e. The van der Waals surface area contributed by atoms with Gasteiger partial charge in [-0.3, -0.25) is 14.9 Å². The molecule has 2 saturated heterocycles. The number of nitrogens with zero attached hydrogens (tertiary/aromatic N) is 5. The molecule has 2 aromatic heterocycles. The summed E-state index contributed by atoms with van der Waals surface area (Å²) >= 11 is 18.2. The molecule has 0 bridgehead atoms. The highest BCUT2D eigenvalue weighted by atomic mass is 35.5. The Kier molecular flexibility index (Phi) is 19.7. The van der Waals surface area contributed by atoms with Gasteiger partial charge < -0.3 is 19.3 Å². The molecular formula is C49H66Cl3N5O4. The number of benzene rings is 2. The monoisotopic (exact) mass is 893 g/mol. The first kappa shape index (κ1) is 49.8. The molecule has 4 aromatic rings. The molecule has 0 radical (unpaired) electrons. The normalized spacial score (nSPS) is 16.1. The highest BCUT2D eigenvalue weighted by molar-refractivity contribution is 6.30. The van der Waals surface area contributed by atoms with Gasteiger partial charge in [0.05, 0.1) is 17.4 Å². The molecule has 2 amide bonds. The van der Waals surface area contributed by atoms with Crippen molar-refractivity contribution in [3.8, 4) is 0 Å². The van der Waals surface area contributed by atoms with Crippen LogP contribution in [0.2, 0.25) is 10.0 Å². The molecule has 2 atom stereocenters. The van der Waals surface area contributed by atoms with Crippen LogP contribution in [0.25, 0.3) is 0 Å². The second-order valence-corrected chi connectivity index (χ2v) is 19.2. The standard InChI is InChI=1S/C24H32ClN3O2.C13H25NO2.C12H9Cl2N/c1-24(2,3)30-23(29)28-15-12-18(13-16-28)17-27(4)22(21-7-5-6-14-26-21)19-8-10-20(25)11-9-19;1-5-6-11-7-9-14(10-8-11)12(15)16-13(2,3)4;13-10-6-4-9(5-7-10)12(14)11-3-1-2-8-15-11/h5-11,14,18,22H,12-13,15-17H2,1-4H3;11H,5-10H2,1-4H3;1-8,12H. The number of pyridine rings is 2. The molecule has 9 nitrogen and oxygen atoms in total. The molecule has 4 heterocycles.